The third kappa shape index (κ3) is 3.86. The van der Waals surface area contributed by atoms with Crippen LogP contribution in [0.4, 0.5) is 0 Å². The quantitative estimate of drug-likeness (QED) is 0.512. The average molecular weight is 367 g/mol. The Morgan fingerprint density at radius 3 is 2.50 bits per heavy atom. The van der Waals surface area contributed by atoms with E-state index in [1.807, 2.05) is 62.4 Å². The number of amides is 1. The molecule has 0 spiro atoms. The van der Waals surface area contributed by atoms with Gasteiger partial charge in [-0.05, 0) is 49.3 Å². The Balaban J connectivity index is 1.64. The number of imidazole rings is 1. The van der Waals surface area contributed by atoms with Crippen molar-refractivity contribution in [3.05, 3.63) is 76.3 Å². The van der Waals surface area contributed by atoms with Crippen molar-refractivity contribution in [1.82, 2.24) is 14.9 Å². The summed E-state index contributed by atoms with van der Waals surface area (Å²) in [7, 11) is 0. The molecule has 6 heteroatoms. The van der Waals surface area contributed by atoms with Crippen molar-refractivity contribution >= 4 is 18.1 Å². The molecule has 5 nitrogen and oxygen atoms in total. The van der Waals surface area contributed by atoms with Crippen molar-refractivity contribution in [3.8, 4) is 11.4 Å². The van der Waals surface area contributed by atoms with E-state index >= 15 is 0 Å². The van der Waals surface area contributed by atoms with E-state index in [1.165, 1.54) is 0 Å². The summed E-state index contributed by atoms with van der Waals surface area (Å²) in [6.07, 6.45) is 1.62. The van der Waals surface area contributed by atoms with Gasteiger partial charge in [0.2, 0.25) is 0 Å². The third-order valence-corrected chi connectivity index (χ3v) is 4.37. The van der Waals surface area contributed by atoms with Crippen molar-refractivity contribution in [1.29, 1.82) is 0 Å². The fraction of sp³-hybridized carbons (Fsp3) is 0.200. The fourth-order valence-corrected chi connectivity index (χ4v) is 3.07. The lowest BCUT2D eigenvalue weighted by molar-refractivity contribution is 0.0940. The zero-order valence-corrected chi connectivity index (χ0v) is 15.6. The van der Waals surface area contributed by atoms with Crippen LogP contribution < -0.4 is 10.1 Å². The number of aryl methyl sites for hydroxylation is 2. The highest BCUT2D eigenvalue weighted by atomic mass is 32.1. The molecule has 0 aliphatic carbocycles. The lowest BCUT2D eigenvalue weighted by Crippen LogP contribution is -2.29. The molecule has 0 fully saturated rings. The molecule has 0 aliphatic rings. The highest BCUT2D eigenvalue weighted by Gasteiger charge is 2.14. The van der Waals surface area contributed by atoms with Crippen LogP contribution in [0, 0.1) is 18.6 Å². The fourth-order valence-electron chi connectivity index (χ4n) is 2.80. The summed E-state index contributed by atoms with van der Waals surface area (Å²) < 4.78 is 8.02. The first-order chi connectivity index (χ1) is 12.6. The number of aromatic nitrogens is 2. The van der Waals surface area contributed by atoms with Crippen LogP contribution in [0.5, 0.6) is 5.75 Å². The van der Waals surface area contributed by atoms with Gasteiger partial charge in [0.25, 0.3) is 5.91 Å². The molecular weight excluding hydrogens is 346 g/mol. The standard InChI is InChI=1S/C20H21N3O2S/c1-14-7-6-8-15(2)18(14)25-12-11-21-19(24)17-13-22-20(26)23(17)16-9-4-3-5-10-16/h3-10,13H,11-12H2,1-2H3,(H,21,24)(H,22,26). The second kappa shape index (κ2) is 8.01. The van der Waals surface area contributed by atoms with Crippen molar-refractivity contribution < 1.29 is 9.53 Å². The van der Waals surface area contributed by atoms with Gasteiger partial charge in [-0.25, -0.2) is 0 Å². The van der Waals surface area contributed by atoms with Gasteiger partial charge in [-0.15, -0.1) is 0 Å². The number of carbonyl (C=O) groups excluding carboxylic acids is 1. The minimum atomic E-state index is -0.202. The Morgan fingerprint density at radius 2 is 1.81 bits per heavy atom. The molecule has 3 aromatic rings. The number of carbonyl (C=O) groups is 1. The van der Waals surface area contributed by atoms with Crippen molar-refractivity contribution in [2.24, 2.45) is 0 Å². The second-order valence-corrected chi connectivity index (χ2v) is 6.36. The summed E-state index contributed by atoms with van der Waals surface area (Å²) in [6.45, 7) is 4.82. The number of nitrogens with zero attached hydrogens (tertiary/aromatic N) is 1. The zero-order chi connectivity index (χ0) is 18.5. The number of hydrogen-bond donors (Lipinski definition) is 2. The van der Waals surface area contributed by atoms with Gasteiger partial charge in [0.15, 0.2) is 4.77 Å². The van der Waals surface area contributed by atoms with E-state index < -0.39 is 0 Å². The monoisotopic (exact) mass is 367 g/mol. The minimum Gasteiger partial charge on any atom is -0.491 e. The SMILES string of the molecule is Cc1cccc(C)c1OCCNC(=O)c1c[nH]c(=S)n1-c1ccccc1. The zero-order valence-electron chi connectivity index (χ0n) is 14.8. The molecule has 26 heavy (non-hydrogen) atoms. The van der Waals surface area contributed by atoms with E-state index in [2.05, 4.69) is 10.3 Å². The Bertz CT molecular complexity index is 940. The molecule has 3 rings (SSSR count). The first-order valence-corrected chi connectivity index (χ1v) is 8.82. The van der Waals surface area contributed by atoms with Crippen LogP contribution in [0.25, 0.3) is 5.69 Å². The Hall–Kier alpha value is -2.86. The maximum Gasteiger partial charge on any atom is 0.269 e. The van der Waals surface area contributed by atoms with Gasteiger partial charge < -0.3 is 15.0 Å². The molecule has 0 unspecified atom stereocenters. The van der Waals surface area contributed by atoms with Gasteiger partial charge in [0, 0.05) is 11.9 Å². The van der Waals surface area contributed by atoms with Crippen LogP contribution >= 0.6 is 12.2 Å². The molecule has 0 aliphatic heterocycles. The normalized spacial score (nSPS) is 10.5. The third-order valence-electron chi connectivity index (χ3n) is 4.07. The molecule has 134 valence electrons. The molecule has 1 heterocycles. The molecule has 2 aromatic carbocycles. The van der Waals surface area contributed by atoms with E-state index in [4.69, 9.17) is 17.0 Å². The number of rotatable bonds is 6. The highest BCUT2D eigenvalue weighted by molar-refractivity contribution is 7.71. The lowest BCUT2D eigenvalue weighted by Gasteiger charge is -2.13. The van der Waals surface area contributed by atoms with Gasteiger partial charge in [0.05, 0.1) is 6.54 Å². The van der Waals surface area contributed by atoms with Crippen LogP contribution in [-0.2, 0) is 0 Å². The van der Waals surface area contributed by atoms with Crippen molar-refractivity contribution in [2.45, 2.75) is 13.8 Å². The van der Waals surface area contributed by atoms with Crippen molar-refractivity contribution in [3.63, 3.8) is 0 Å². The molecule has 0 saturated heterocycles. The predicted molar refractivity (Wildman–Crippen MR) is 105 cm³/mol. The number of H-pyrrole nitrogens is 1. The predicted octanol–water partition coefficient (Wildman–Crippen LogP) is 3.96. The van der Waals surface area contributed by atoms with E-state index in [0.717, 1.165) is 22.6 Å². The van der Waals surface area contributed by atoms with E-state index in [0.29, 0.717) is 23.6 Å². The summed E-state index contributed by atoms with van der Waals surface area (Å²) in [4.78, 5) is 15.5. The van der Waals surface area contributed by atoms with Crippen LogP contribution in [0.15, 0.2) is 54.7 Å². The largest absolute Gasteiger partial charge is 0.491 e. The maximum absolute atomic E-state index is 12.5. The first kappa shape index (κ1) is 17.9. The average Bonchev–Trinajstić information content (AvgIpc) is 3.03. The summed E-state index contributed by atoms with van der Waals surface area (Å²) >= 11 is 5.30. The summed E-state index contributed by atoms with van der Waals surface area (Å²) in [5.41, 5.74) is 3.48. The highest BCUT2D eigenvalue weighted by Crippen LogP contribution is 2.22. The van der Waals surface area contributed by atoms with E-state index in [1.54, 1.807) is 10.8 Å². The number of aromatic amines is 1. The molecule has 0 radical (unpaired) electrons. The number of para-hydroxylation sites is 2. The summed E-state index contributed by atoms with van der Waals surface area (Å²) in [5, 5.41) is 2.88. The van der Waals surface area contributed by atoms with Crippen LogP contribution in [0.2, 0.25) is 0 Å². The minimum absolute atomic E-state index is 0.202. The molecule has 1 amide bonds. The number of hydrogen-bond acceptors (Lipinski definition) is 3. The van der Waals surface area contributed by atoms with E-state index in [-0.39, 0.29) is 5.91 Å². The van der Waals surface area contributed by atoms with Crippen molar-refractivity contribution in [2.75, 3.05) is 13.2 Å². The Morgan fingerprint density at radius 1 is 1.12 bits per heavy atom. The topological polar surface area (TPSA) is 59.0 Å². The van der Waals surface area contributed by atoms with Gasteiger partial charge in [-0.1, -0.05) is 36.4 Å². The van der Waals surface area contributed by atoms with Gasteiger partial charge in [-0.3, -0.25) is 9.36 Å². The molecule has 0 saturated carbocycles. The summed E-state index contributed by atoms with van der Waals surface area (Å²) in [6, 6.07) is 15.6. The molecule has 1 aromatic heterocycles. The first-order valence-electron chi connectivity index (χ1n) is 8.41. The number of benzene rings is 2. The summed E-state index contributed by atoms with van der Waals surface area (Å²) in [5.74, 6) is 0.668. The smallest absolute Gasteiger partial charge is 0.269 e. The Kier molecular flexibility index (Phi) is 5.53. The number of ether oxygens (including phenoxy) is 1. The van der Waals surface area contributed by atoms with Crippen LogP contribution in [-0.4, -0.2) is 28.6 Å². The molecule has 0 bridgehead atoms. The maximum atomic E-state index is 12.5. The van der Waals surface area contributed by atoms with Crippen LogP contribution in [0.1, 0.15) is 21.6 Å². The lowest BCUT2D eigenvalue weighted by atomic mass is 10.1. The van der Waals surface area contributed by atoms with Gasteiger partial charge >= 0.3 is 0 Å². The second-order valence-electron chi connectivity index (χ2n) is 5.98. The molecular formula is C20H21N3O2S. The van der Waals surface area contributed by atoms with Gasteiger partial charge in [-0.2, -0.15) is 0 Å². The van der Waals surface area contributed by atoms with Gasteiger partial charge in [0.1, 0.15) is 18.1 Å². The molecule has 0 atom stereocenters. The Labute approximate surface area is 157 Å². The van der Waals surface area contributed by atoms with Crippen LogP contribution in [0.3, 0.4) is 0 Å². The molecule has 2 N–H and O–H groups in total. The van der Waals surface area contributed by atoms with E-state index in [9.17, 15) is 4.79 Å². The number of nitrogens with one attached hydrogen (secondary N) is 2.